The van der Waals surface area contributed by atoms with Gasteiger partial charge in [0.1, 0.15) is 11.7 Å². The lowest BCUT2D eigenvalue weighted by atomic mass is 10.2. The van der Waals surface area contributed by atoms with Crippen LogP contribution in [0.2, 0.25) is 0 Å². The first kappa shape index (κ1) is 19.0. The van der Waals surface area contributed by atoms with Crippen molar-refractivity contribution in [2.45, 2.75) is 26.8 Å². The van der Waals surface area contributed by atoms with Gasteiger partial charge in [-0.05, 0) is 45.0 Å². The highest BCUT2D eigenvalue weighted by Gasteiger charge is 2.06. The van der Waals surface area contributed by atoms with Crippen molar-refractivity contribution in [1.82, 2.24) is 5.32 Å². The zero-order valence-corrected chi connectivity index (χ0v) is 14.4. The quantitative estimate of drug-likeness (QED) is 0.352. The van der Waals surface area contributed by atoms with Gasteiger partial charge in [0.2, 0.25) is 5.91 Å². The number of nitrogens with two attached hydrogens (primary N) is 1. The number of carbonyl (C=O) groups excluding carboxylic acids is 1. The Hall–Kier alpha value is -3.02. The first-order valence-corrected chi connectivity index (χ1v) is 7.62. The van der Waals surface area contributed by atoms with Crippen LogP contribution in [0.5, 0.6) is 0 Å². The van der Waals surface area contributed by atoms with Crippen LogP contribution in [0.1, 0.15) is 20.8 Å². The Morgan fingerprint density at radius 3 is 2.46 bits per heavy atom. The molecule has 1 aromatic carbocycles. The van der Waals surface area contributed by atoms with E-state index >= 15 is 0 Å². The lowest BCUT2D eigenvalue weighted by Crippen LogP contribution is -2.31. The van der Waals surface area contributed by atoms with Crippen molar-refractivity contribution >= 4 is 23.1 Å². The van der Waals surface area contributed by atoms with Crippen LogP contribution in [0.4, 0.5) is 11.4 Å². The number of aliphatic imine (C=N–C) groups is 1. The minimum atomic E-state index is -0.267. The SMILES string of the molecule is C=CC(=O)Nc1cccc(NC(=C)NC(=NC(C)C)/C(N)=C\C)c1. The van der Waals surface area contributed by atoms with Crippen LogP contribution in [0.15, 0.2) is 66.1 Å². The second-order valence-electron chi connectivity index (χ2n) is 5.32. The minimum Gasteiger partial charge on any atom is -0.396 e. The second kappa shape index (κ2) is 9.19. The van der Waals surface area contributed by atoms with Crippen molar-refractivity contribution in [3.63, 3.8) is 0 Å². The van der Waals surface area contributed by atoms with Gasteiger partial charge in [0.05, 0.1) is 5.70 Å². The first-order chi connectivity index (χ1) is 11.3. The number of amides is 1. The summed E-state index contributed by atoms with van der Waals surface area (Å²) >= 11 is 0. The normalized spacial score (nSPS) is 11.8. The Morgan fingerprint density at radius 1 is 1.29 bits per heavy atom. The van der Waals surface area contributed by atoms with Crippen LogP contribution < -0.4 is 21.7 Å². The maximum absolute atomic E-state index is 11.4. The van der Waals surface area contributed by atoms with Crippen molar-refractivity contribution in [1.29, 1.82) is 0 Å². The highest BCUT2D eigenvalue weighted by Crippen LogP contribution is 2.16. The van der Waals surface area contributed by atoms with Crippen LogP contribution in [0.25, 0.3) is 0 Å². The monoisotopic (exact) mass is 327 g/mol. The van der Waals surface area contributed by atoms with Crippen molar-refractivity contribution < 1.29 is 4.79 Å². The summed E-state index contributed by atoms with van der Waals surface area (Å²) < 4.78 is 0. The Morgan fingerprint density at radius 2 is 1.92 bits per heavy atom. The molecule has 0 aromatic heterocycles. The van der Waals surface area contributed by atoms with Gasteiger partial charge < -0.3 is 21.7 Å². The highest BCUT2D eigenvalue weighted by molar-refractivity contribution is 5.99. The van der Waals surface area contributed by atoms with Gasteiger partial charge in [-0.2, -0.15) is 0 Å². The van der Waals surface area contributed by atoms with Gasteiger partial charge in [0.25, 0.3) is 0 Å². The van der Waals surface area contributed by atoms with Gasteiger partial charge in [0, 0.05) is 17.4 Å². The van der Waals surface area contributed by atoms with E-state index in [0.29, 0.717) is 23.0 Å². The Balaban J connectivity index is 2.82. The van der Waals surface area contributed by atoms with Gasteiger partial charge in [-0.15, -0.1) is 0 Å². The molecule has 0 bridgehead atoms. The molecule has 5 N–H and O–H groups in total. The molecule has 0 aliphatic heterocycles. The predicted molar refractivity (Wildman–Crippen MR) is 102 cm³/mol. The number of benzene rings is 1. The van der Waals surface area contributed by atoms with Crippen molar-refractivity contribution in [3.05, 3.63) is 61.1 Å². The molecule has 0 saturated heterocycles. The first-order valence-electron chi connectivity index (χ1n) is 7.62. The van der Waals surface area contributed by atoms with E-state index in [1.807, 2.05) is 32.9 Å². The van der Waals surface area contributed by atoms with Gasteiger partial charge >= 0.3 is 0 Å². The maximum Gasteiger partial charge on any atom is 0.247 e. The van der Waals surface area contributed by atoms with Crippen LogP contribution in [0, 0.1) is 0 Å². The number of amidine groups is 1. The number of anilines is 2. The van der Waals surface area contributed by atoms with Crippen LogP contribution >= 0.6 is 0 Å². The van der Waals surface area contributed by atoms with E-state index in [2.05, 4.69) is 34.1 Å². The summed E-state index contributed by atoms with van der Waals surface area (Å²) in [6.45, 7) is 13.1. The van der Waals surface area contributed by atoms with Gasteiger partial charge in [0.15, 0.2) is 0 Å². The zero-order valence-electron chi connectivity index (χ0n) is 14.4. The Kier molecular flexibility index (Phi) is 7.29. The molecule has 0 heterocycles. The molecule has 0 radical (unpaired) electrons. The number of carbonyl (C=O) groups is 1. The average Bonchev–Trinajstić information content (AvgIpc) is 2.53. The highest BCUT2D eigenvalue weighted by atomic mass is 16.1. The average molecular weight is 327 g/mol. The van der Waals surface area contributed by atoms with Crippen LogP contribution in [-0.4, -0.2) is 17.8 Å². The summed E-state index contributed by atoms with van der Waals surface area (Å²) in [5.74, 6) is 0.809. The summed E-state index contributed by atoms with van der Waals surface area (Å²) in [6, 6.07) is 7.34. The fraction of sp³-hybridized carbons (Fsp3) is 0.222. The molecule has 1 amide bonds. The topological polar surface area (TPSA) is 91.5 Å². The van der Waals surface area contributed by atoms with Crippen LogP contribution in [0.3, 0.4) is 0 Å². The molecule has 128 valence electrons. The largest absolute Gasteiger partial charge is 0.396 e. The fourth-order valence-corrected chi connectivity index (χ4v) is 1.79. The van der Waals surface area contributed by atoms with Gasteiger partial charge in [-0.1, -0.05) is 25.3 Å². The van der Waals surface area contributed by atoms with E-state index in [9.17, 15) is 4.79 Å². The number of allylic oxidation sites excluding steroid dienone is 1. The Bertz CT molecular complexity index is 674. The third kappa shape index (κ3) is 6.39. The summed E-state index contributed by atoms with van der Waals surface area (Å²) in [7, 11) is 0. The molecule has 0 saturated carbocycles. The van der Waals surface area contributed by atoms with Gasteiger partial charge in [-0.3, -0.25) is 9.79 Å². The van der Waals surface area contributed by atoms with E-state index in [4.69, 9.17) is 5.73 Å². The lowest BCUT2D eigenvalue weighted by molar-refractivity contribution is -0.111. The number of hydrogen-bond acceptors (Lipinski definition) is 4. The van der Waals surface area contributed by atoms with Crippen molar-refractivity contribution in [2.24, 2.45) is 10.7 Å². The summed E-state index contributed by atoms with van der Waals surface area (Å²) in [5, 5.41) is 8.88. The molecule has 1 aromatic rings. The molecule has 0 aliphatic carbocycles. The predicted octanol–water partition coefficient (Wildman–Crippen LogP) is 2.95. The molecule has 0 spiro atoms. The molecule has 1 rings (SSSR count). The summed E-state index contributed by atoms with van der Waals surface area (Å²) in [5.41, 5.74) is 7.90. The lowest BCUT2D eigenvalue weighted by Gasteiger charge is -2.16. The van der Waals surface area contributed by atoms with E-state index in [1.54, 1.807) is 18.2 Å². The molecule has 0 aliphatic rings. The minimum absolute atomic E-state index is 0.0937. The number of hydrogen-bond donors (Lipinski definition) is 4. The molecule has 6 nitrogen and oxygen atoms in total. The standard InChI is InChI=1S/C18H25N5O/c1-6-16(19)18(20-12(3)4)22-13(5)21-14-9-8-10-15(11-14)23-17(24)7-2/h6-12,21H,2,5,19H2,1,3-4H3,(H,20,22)(H,23,24)/b16-6+. The van der Waals surface area contributed by atoms with E-state index in [-0.39, 0.29) is 11.9 Å². The maximum atomic E-state index is 11.4. The molecule has 6 heteroatoms. The van der Waals surface area contributed by atoms with Crippen LogP contribution in [-0.2, 0) is 4.79 Å². The molecule has 0 fully saturated rings. The number of rotatable bonds is 7. The molecular formula is C18H25N5O. The number of nitrogens with zero attached hydrogens (tertiary/aromatic N) is 1. The van der Waals surface area contributed by atoms with E-state index < -0.39 is 0 Å². The molecular weight excluding hydrogens is 302 g/mol. The van der Waals surface area contributed by atoms with E-state index in [1.165, 1.54) is 6.08 Å². The van der Waals surface area contributed by atoms with E-state index in [0.717, 1.165) is 5.69 Å². The second-order valence-corrected chi connectivity index (χ2v) is 5.32. The molecule has 24 heavy (non-hydrogen) atoms. The smallest absolute Gasteiger partial charge is 0.247 e. The third-order valence-corrected chi connectivity index (χ3v) is 2.85. The molecule has 0 atom stereocenters. The summed E-state index contributed by atoms with van der Waals surface area (Å²) in [6.07, 6.45) is 2.99. The Labute approximate surface area is 143 Å². The summed E-state index contributed by atoms with van der Waals surface area (Å²) in [4.78, 5) is 15.8. The zero-order chi connectivity index (χ0) is 18.1. The van der Waals surface area contributed by atoms with Crippen molar-refractivity contribution in [3.8, 4) is 0 Å². The molecule has 0 unspecified atom stereocenters. The van der Waals surface area contributed by atoms with Crippen molar-refractivity contribution in [2.75, 3.05) is 10.6 Å². The van der Waals surface area contributed by atoms with Gasteiger partial charge in [-0.25, -0.2) is 0 Å². The fourth-order valence-electron chi connectivity index (χ4n) is 1.79. The number of nitrogens with one attached hydrogen (secondary N) is 3. The third-order valence-electron chi connectivity index (χ3n) is 2.85.